The number of hydrogen-bond acceptors (Lipinski definition) is 3. The first-order chi connectivity index (χ1) is 10.2. The van der Waals surface area contributed by atoms with Crippen LogP contribution in [0.5, 0.6) is 5.75 Å². The fourth-order valence-electron chi connectivity index (χ4n) is 1.98. The molecule has 0 fully saturated rings. The topological polar surface area (TPSA) is 41.5 Å². The normalized spacial score (nSPS) is 10.9. The van der Waals surface area contributed by atoms with Gasteiger partial charge in [-0.3, -0.25) is 0 Å². The Morgan fingerprint density at radius 2 is 1.62 bits per heavy atom. The smallest absolute Gasteiger partial charge is 0.387 e. The average Bonchev–Trinajstić information content (AvgIpc) is 2.49. The summed E-state index contributed by atoms with van der Waals surface area (Å²) in [7, 11) is 0. The number of ether oxygens (including phenoxy) is 1. The number of aliphatic hydroxyl groups excluding tert-OH is 1. The van der Waals surface area contributed by atoms with E-state index >= 15 is 0 Å². The van der Waals surface area contributed by atoms with Gasteiger partial charge in [0.25, 0.3) is 0 Å². The Morgan fingerprint density at radius 1 is 0.952 bits per heavy atom. The van der Waals surface area contributed by atoms with Crippen molar-refractivity contribution in [1.82, 2.24) is 5.32 Å². The second-order valence-electron chi connectivity index (χ2n) is 4.60. The average molecular weight is 293 g/mol. The first-order valence-corrected chi connectivity index (χ1v) is 6.60. The summed E-state index contributed by atoms with van der Waals surface area (Å²) < 4.78 is 28.3. The van der Waals surface area contributed by atoms with Crippen molar-refractivity contribution < 1.29 is 18.6 Å². The quantitative estimate of drug-likeness (QED) is 0.824. The van der Waals surface area contributed by atoms with Gasteiger partial charge in [0.1, 0.15) is 5.75 Å². The maximum Gasteiger partial charge on any atom is 0.387 e. The summed E-state index contributed by atoms with van der Waals surface area (Å²) in [5, 5.41) is 12.3. The summed E-state index contributed by atoms with van der Waals surface area (Å²) in [6, 6.07) is 14.2. The third kappa shape index (κ3) is 5.13. The summed E-state index contributed by atoms with van der Waals surface area (Å²) in [6.45, 7) is -1.48. The Morgan fingerprint density at radius 3 is 2.29 bits per heavy atom. The van der Waals surface area contributed by atoms with Crippen LogP contribution in [-0.4, -0.2) is 11.7 Å². The lowest BCUT2D eigenvalue weighted by Gasteiger charge is -2.08. The van der Waals surface area contributed by atoms with Crippen LogP contribution in [0.1, 0.15) is 16.7 Å². The van der Waals surface area contributed by atoms with Crippen molar-refractivity contribution in [3.63, 3.8) is 0 Å². The molecule has 0 aliphatic rings. The molecule has 2 aromatic rings. The van der Waals surface area contributed by atoms with Crippen LogP contribution in [0.3, 0.4) is 0 Å². The highest BCUT2D eigenvalue weighted by atomic mass is 19.3. The van der Waals surface area contributed by atoms with Gasteiger partial charge in [-0.2, -0.15) is 8.78 Å². The van der Waals surface area contributed by atoms with Crippen LogP contribution in [0.2, 0.25) is 0 Å². The van der Waals surface area contributed by atoms with Crippen LogP contribution in [0, 0.1) is 0 Å². The van der Waals surface area contributed by atoms with Crippen LogP contribution in [0.25, 0.3) is 0 Å². The van der Waals surface area contributed by atoms with Crippen molar-refractivity contribution in [3.8, 4) is 5.75 Å². The van der Waals surface area contributed by atoms with Gasteiger partial charge in [0.15, 0.2) is 0 Å². The van der Waals surface area contributed by atoms with Gasteiger partial charge in [0, 0.05) is 13.1 Å². The molecule has 0 aliphatic carbocycles. The van der Waals surface area contributed by atoms with Gasteiger partial charge in [-0.05, 0) is 28.8 Å². The molecule has 5 heteroatoms. The number of benzene rings is 2. The van der Waals surface area contributed by atoms with Crippen LogP contribution in [-0.2, 0) is 19.7 Å². The highest BCUT2D eigenvalue weighted by Gasteiger charge is 2.03. The Labute approximate surface area is 122 Å². The van der Waals surface area contributed by atoms with E-state index in [4.69, 9.17) is 5.11 Å². The Balaban J connectivity index is 1.82. The molecular formula is C16H17F2NO2. The molecule has 0 unspecified atom stereocenters. The van der Waals surface area contributed by atoms with Crippen molar-refractivity contribution in [2.24, 2.45) is 0 Å². The number of hydrogen-bond donors (Lipinski definition) is 2. The fourth-order valence-corrected chi connectivity index (χ4v) is 1.98. The first kappa shape index (κ1) is 15.4. The van der Waals surface area contributed by atoms with Gasteiger partial charge < -0.3 is 15.2 Å². The van der Waals surface area contributed by atoms with E-state index in [9.17, 15) is 8.78 Å². The summed E-state index contributed by atoms with van der Waals surface area (Å²) >= 11 is 0. The van der Waals surface area contributed by atoms with E-state index in [0.717, 1.165) is 16.7 Å². The molecule has 2 aromatic carbocycles. The molecule has 0 amide bonds. The Bertz CT molecular complexity index is 558. The summed E-state index contributed by atoms with van der Waals surface area (Å²) in [6.07, 6.45) is 0. The van der Waals surface area contributed by atoms with Crippen molar-refractivity contribution in [2.75, 3.05) is 0 Å². The van der Waals surface area contributed by atoms with Crippen molar-refractivity contribution >= 4 is 0 Å². The molecule has 0 saturated carbocycles. The molecule has 3 nitrogen and oxygen atoms in total. The van der Waals surface area contributed by atoms with Gasteiger partial charge in [-0.25, -0.2) is 0 Å². The number of aliphatic hydroxyl groups is 1. The van der Waals surface area contributed by atoms with E-state index < -0.39 is 6.61 Å². The van der Waals surface area contributed by atoms with Gasteiger partial charge in [0.05, 0.1) is 6.61 Å². The molecule has 0 aliphatic heterocycles. The summed E-state index contributed by atoms with van der Waals surface area (Å²) in [5.41, 5.74) is 2.94. The van der Waals surface area contributed by atoms with E-state index in [1.807, 2.05) is 24.3 Å². The van der Waals surface area contributed by atoms with E-state index in [1.54, 1.807) is 12.1 Å². The minimum Gasteiger partial charge on any atom is -0.435 e. The fraction of sp³-hybridized carbons (Fsp3) is 0.250. The van der Waals surface area contributed by atoms with Crippen LogP contribution < -0.4 is 10.1 Å². The first-order valence-electron chi connectivity index (χ1n) is 6.60. The molecule has 0 aromatic heterocycles. The number of alkyl halides is 2. The Kier molecular flexibility index (Phi) is 5.66. The molecule has 112 valence electrons. The van der Waals surface area contributed by atoms with Gasteiger partial charge in [-0.1, -0.05) is 36.4 Å². The van der Waals surface area contributed by atoms with E-state index in [1.165, 1.54) is 12.1 Å². The molecule has 21 heavy (non-hydrogen) atoms. The zero-order chi connectivity index (χ0) is 15.1. The van der Waals surface area contributed by atoms with Gasteiger partial charge >= 0.3 is 6.61 Å². The van der Waals surface area contributed by atoms with Crippen LogP contribution >= 0.6 is 0 Å². The highest BCUT2D eigenvalue weighted by Crippen LogP contribution is 2.15. The van der Waals surface area contributed by atoms with Crippen LogP contribution in [0.4, 0.5) is 8.78 Å². The predicted octanol–water partition coefficient (Wildman–Crippen LogP) is 3.07. The molecule has 0 saturated heterocycles. The largest absolute Gasteiger partial charge is 0.435 e. The summed E-state index contributed by atoms with van der Waals surface area (Å²) in [4.78, 5) is 0. The molecule has 2 N–H and O–H groups in total. The van der Waals surface area contributed by atoms with Crippen molar-refractivity contribution in [1.29, 1.82) is 0 Å². The number of halogens is 2. The van der Waals surface area contributed by atoms with E-state index in [0.29, 0.717) is 13.1 Å². The molecule has 2 rings (SSSR count). The molecule has 0 atom stereocenters. The SMILES string of the molecule is OCc1cccc(CNCc2ccc(OC(F)F)cc2)c1. The minimum atomic E-state index is -2.80. The lowest BCUT2D eigenvalue weighted by molar-refractivity contribution is -0.0498. The maximum absolute atomic E-state index is 12.0. The number of rotatable bonds is 7. The van der Waals surface area contributed by atoms with Gasteiger partial charge in [-0.15, -0.1) is 0 Å². The minimum absolute atomic E-state index is 0.0272. The zero-order valence-electron chi connectivity index (χ0n) is 11.4. The predicted molar refractivity (Wildman–Crippen MR) is 76.0 cm³/mol. The third-order valence-corrected chi connectivity index (χ3v) is 2.98. The van der Waals surface area contributed by atoms with Crippen molar-refractivity contribution in [3.05, 3.63) is 65.2 Å². The van der Waals surface area contributed by atoms with Gasteiger partial charge in [0.2, 0.25) is 0 Å². The molecule has 0 bridgehead atoms. The lowest BCUT2D eigenvalue weighted by Crippen LogP contribution is -2.12. The second-order valence-corrected chi connectivity index (χ2v) is 4.60. The molecule has 0 spiro atoms. The monoisotopic (exact) mass is 293 g/mol. The molecule has 0 heterocycles. The summed E-state index contributed by atoms with van der Waals surface area (Å²) in [5.74, 6) is 0.157. The maximum atomic E-state index is 12.0. The molecule has 0 radical (unpaired) electrons. The standard InChI is InChI=1S/C16H17F2NO2/c17-16(18)21-15-6-4-12(5-7-15)9-19-10-13-2-1-3-14(8-13)11-20/h1-8,16,19-20H,9-11H2. The second kappa shape index (κ2) is 7.71. The number of nitrogens with one attached hydrogen (secondary N) is 1. The van der Waals surface area contributed by atoms with E-state index in [-0.39, 0.29) is 12.4 Å². The third-order valence-electron chi connectivity index (χ3n) is 2.98. The highest BCUT2D eigenvalue weighted by molar-refractivity contribution is 5.27. The lowest BCUT2D eigenvalue weighted by atomic mass is 10.1. The van der Waals surface area contributed by atoms with Crippen molar-refractivity contribution in [2.45, 2.75) is 26.3 Å². The van der Waals surface area contributed by atoms with Crippen LogP contribution in [0.15, 0.2) is 48.5 Å². The Hall–Kier alpha value is -1.98. The van der Waals surface area contributed by atoms with E-state index in [2.05, 4.69) is 10.1 Å². The zero-order valence-corrected chi connectivity index (χ0v) is 11.4. The molecular weight excluding hydrogens is 276 g/mol.